The summed E-state index contributed by atoms with van der Waals surface area (Å²) < 4.78 is 0. The number of halogens is 2. The van der Waals surface area contributed by atoms with E-state index in [4.69, 9.17) is 28.2 Å². The van der Waals surface area contributed by atoms with Crippen molar-refractivity contribution >= 4 is 46.4 Å². The number of anilines is 1. The van der Waals surface area contributed by atoms with Crippen LogP contribution in [-0.2, 0) is 0 Å². The normalized spacial score (nSPS) is 16.4. The molecule has 1 N–H and O–H groups in total. The van der Waals surface area contributed by atoms with Crippen LogP contribution in [0.4, 0.5) is 11.4 Å². The molecule has 4 rings (SSSR count). The second-order valence-electron chi connectivity index (χ2n) is 6.46. The molecule has 0 aromatic heterocycles. The van der Waals surface area contributed by atoms with Gasteiger partial charge in [-0.3, -0.25) is 4.99 Å². The minimum absolute atomic E-state index is 0.125. The van der Waals surface area contributed by atoms with Crippen LogP contribution in [0.15, 0.2) is 83.9 Å². The Morgan fingerprint density at radius 3 is 2.22 bits per heavy atom. The molecule has 3 aromatic rings. The molecule has 1 atom stereocenters. The molecule has 4 heteroatoms. The van der Waals surface area contributed by atoms with Gasteiger partial charge in [0.2, 0.25) is 0 Å². The molecule has 1 aliphatic rings. The Bertz CT molecular complexity index is 990. The van der Waals surface area contributed by atoms with Gasteiger partial charge < -0.3 is 5.32 Å². The van der Waals surface area contributed by atoms with Crippen molar-refractivity contribution in [3.63, 3.8) is 0 Å². The Morgan fingerprint density at radius 2 is 1.48 bits per heavy atom. The van der Waals surface area contributed by atoms with Gasteiger partial charge in [0.1, 0.15) is 0 Å². The van der Waals surface area contributed by atoms with E-state index in [0.717, 1.165) is 39.1 Å². The maximum atomic E-state index is 6.06. The molecule has 2 nitrogen and oxygen atoms in total. The standard InChI is InChI=1S/C23H18Cl2N2/c24-18-10-5-16(6-11-18)7-14-20-15-23(17-8-12-19(25)13-9-17)27-22-4-2-1-3-21(22)26-20/h1-14,23,27H,15H2/b14-7-/t23-/m1/s1. The fourth-order valence-electron chi connectivity index (χ4n) is 3.11. The number of allylic oxidation sites excluding steroid dienone is 1. The largest absolute Gasteiger partial charge is 0.376 e. The number of hydrogen-bond acceptors (Lipinski definition) is 2. The van der Waals surface area contributed by atoms with Crippen LogP contribution in [0, 0.1) is 0 Å². The molecule has 0 saturated carbocycles. The smallest absolute Gasteiger partial charge is 0.0864 e. The highest BCUT2D eigenvalue weighted by Crippen LogP contribution is 2.34. The van der Waals surface area contributed by atoms with Crippen LogP contribution in [0.5, 0.6) is 0 Å². The van der Waals surface area contributed by atoms with Crippen molar-refractivity contribution < 1.29 is 0 Å². The van der Waals surface area contributed by atoms with Crippen LogP contribution < -0.4 is 5.32 Å². The number of benzene rings is 3. The Kier molecular flexibility index (Phi) is 5.28. The predicted molar refractivity (Wildman–Crippen MR) is 116 cm³/mol. The average Bonchev–Trinajstić information content (AvgIpc) is 2.87. The monoisotopic (exact) mass is 392 g/mol. The quantitative estimate of drug-likeness (QED) is 0.495. The first-order chi connectivity index (χ1) is 13.2. The van der Waals surface area contributed by atoms with Crippen LogP contribution in [0.25, 0.3) is 6.08 Å². The number of aliphatic imine (C=N–C) groups is 1. The van der Waals surface area contributed by atoms with Gasteiger partial charge in [0.25, 0.3) is 0 Å². The number of hydrogen-bond donors (Lipinski definition) is 1. The zero-order valence-electron chi connectivity index (χ0n) is 14.6. The molecule has 27 heavy (non-hydrogen) atoms. The lowest BCUT2D eigenvalue weighted by molar-refractivity contribution is 0.830. The van der Waals surface area contributed by atoms with Gasteiger partial charge in [0.15, 0.2) is 0 Å². The first-order valence-electron chi connectivity index (χ1n) is 8.80. The van der Waals surface area contributed by atoms with Crippen molar-refractivity contribution in [2.45, 2.75) is 12.5 Å². The van der Waals surface area contributed by atoms with E-state index in [2.05, 4.69) is 35.7 Å². The maximum Gasteiger partial charge on any atom is 0.0864 e. The van der Waals surface area contributed by atoms with Gasteiger partial charge in [0, 0.05) is 22.2 Å². The SMILES string of the molecule is Clc1ccc(/C=C\C2=Nc3ccccc3N[C@@H](c3ccc(Cl)cc3)C2)cc1. The molecule has 0 aliphatic carbocycles. The minimum Gasteiger partial charge on any atom is -0.376 e. The van der Waals surface area contributed by atoms with E-state index in [-0.39, 0.29) is 6.04 Å². The fourth-order valence-corrected chi connectivity index (χ4v) is 3.36. The molecule has 1 heterocycles. The zero-order valence-corrected chi connectivity index (χ0v) is 16.1. The molecule has 0 saturated heterocycles. The molecule has 0 spiro atoms. The average molecular weight is 393 g/mol. The van der Waals surface area contributed by atoms with Crippen molar-refractivity contribution in [1.29, 1.82) is 0 Å². The van der Waals surface area contributed by atoms with Gasteiger partial charge in [-0.1, -0.05) is 65.7 Å². The van der Waals surface area contributed by atoms with Gasteiger partial charge in [-0.2, -0.15) is 0 Å². The highest BCUT2D eigenvalue weighted by molar-refractivity contribution is 6.30. The topological polar surface area (TPSA) is 24.4 Å². The third-order valence-corrected chi connectivity index (χ3v) is 5.03. The molecule has 0 radical (unpaired) electrons. The lowest BCUT2D eigenvalue weighted by atomic mass is 10.0. The summed E-state index contributed by atoms with van der Waals surface area (Å²) in [7, 11) is 0. The number of rotatable bonds is 3. The van der Waals surface area contributed by atoms with E-state index in [9.17, 15) is 0 Å². The van der Waals surface area contributed by atoms with Gasteiger partial charge in [-0.15, -0.1) is 0 Å². The summed E-state index contributed by atoms with van der Waals surface area (Å²) in [6, 6.07) is 24.0. The van der Waals surface area contributed by atoms with Crippen molar-refractivity contribution in [2.75, 3.05) is 5.32 Å². The summed E-state index contributed by atoms with van der Waals surface area (Å²) in [4.78, 5) is 4.88. The van der Waals surface area contributed by atoms with Gasteiger partial charge in [-0.05, 0) is 53.6 Å². The molecule has 1 aliphatic heterocycles. The minimum atomic E-state index is 0.125. The van der Waals surface area contributed by atoms with Gasteiger partial charge in [0.05, 0.1) is 17.4 Å². The summed E-state index contributed by atoms with van der Waals surface area (Å²) in [5, 5.41) is 5.10. The summed E-state index contributed by atoms with van der Waals surface area (Å²) in [5.74, 6) is 0. The molecule has 134 valence electrons. The van der Waals surface area contributed by atoms with E-state index >= 15 is 0 Å². The lowest BCUT2D eigenvalue weighted by Crippen LogP contribution is -2.12. The van der Waals surface area contributed by atoms with Crippen molar-refractivity contribution in [3.8, 4) is 0 Å². The van der Waals surface area contributed by atoms with Crippen LogP contribution in [-0.4, -0.2) is 5.71 Å². The van der Waals surface area contributed by atoms with E-state index in [1.807, 2.05) is 54.6 Å². The Hall–Kier alpha value is -2.55. The molecule has 0 bridgehead atoms. The van der Waals surface area contributed by atoms with E-state index < -0.39 is 0 Å². The molecular formula is C23H18Cl2N2. The summed E-state index contributed by atoms with van der Waals surface area (Å²) >= 11 is 12.0. The first kappa shape index (κ1) is 17.8. The number of nitrogens with one attached hydrogen (secondary N) is 1. The van der Waals surface area contributed by atoms with E-state index in [1.165, 1.54) is 5.56 Å². The Morgan fingerprint density at radius 1 is 0.815 bits per heavy atom. The first-order valence-corrected chi connectivity index (χ1v) is 9.55. The fraction of sp³-hybridized carbons (Fsp3) is 0.0870. The van der Waals surface area contributed by atoms with Crippen molar-refractivity contribution in [3.05, 3.63) is 100 Å². The summed E-state index contributed by atoms with van der Waals surface area (Å²) in [5.41, 5.74) is 5.28. The molecule has 0 amide bonds. The molecular weight excluding hydrogens is 375 g/mol. The second-order valence-corrected chi connectivity index (χ2v) is 7.33. The van der Waals surface area contributed by atoms with Gasteiger partial charge >= 0.3 is 0 Å². The maximum absolute atomic E-state index is 6.06. The lowest BCUT2D eigenvalue weighted by Gasteiger charge is -2.18. The summed E-state index contributed by atoms with van der Waals surface area (Å²) in [6.07, 6.45) is 4.93. The number of nitrogens with zero attached hydrogens (tertiary/aromatic N) is 1. The molecule has 3 aromatic carbocycles. The predicted octanol–water partition coefficient (Wildman–Crippen LogP) is 7.34. The Balaban J connectivity index is 1.67. The highest BCUT2D eigenvalue weighted by Gasteiger charge is 2.18. The number of fused-ring (bicyclic) bond motifs is 1. The molecule has 0 unspecified atom stereocenters. The van der Waals surface area contributed by atoms with E-state index in [1.54, 1.807) is 0 Å². The van der Waals surface area contributed by atoms with Crippen LogP contribution in [0.2, 0.25) is 10.0 Å². The van der Waals surface area contributed by atoms with Gasteiger partial charge in [-0.25, -0.2) is 0 Å². The van der Waals surface area contributed by atoms with E-state index in [0.29, 0.717) is 0 Å². The second kappa shape index (κ2) is 7.99. The third kappa shape index (κ3) is 4.41. The van der Waals surface area contributed by atoms with Crippen molar-refractivity contribution in [1.82, 2.24) is 0 Å². The number of para-hydroxylation sites is 2. The third-order valence-electron chi connectivity index (χ3n) is 4.52. The molecule has 0 fully saturated rings. The zero-order chi connectivity index (χ0) is 18.6. The van der Waals surface area contributed by atoms with Crippen molar-refractivity contribution in [2.24, 2.45) is 4.99 Å². The van der Waals surface area contributed by atoms with Crippen LogP contribution in [0.1, 0.15) is 23.6 Å². The highest BCUT2D eigenvalue weighted by atomic mass is 35.5. The van der Waals surface area contributed by atoms with Crippen LogP contribution in [0.3, 0.4) is 0 Å². The summed E-state index contributed by atoms with van der Waals surface area (Å²) in [6.45, 7) is 0. The Labute approximate surface area is 169 Å². The van der Waals surface area contributed by atoms with Crippen LogP contribution >= 0.6 is 23.2 Å².